The Morgan fingerprint density at radius 1 is 1.44 bits per heavy atom. The summed E-state index contributed by atoms with van der Waals surface area (Å²) >= 11 is 0. The molecule has 0 bridgehead atoms. The highest BCUT2D eigenvalue weighted by Gasteiger charge is 2.39. The molecular formula is C14H20N2O2. The van der Waals surface area contributed by atoms with Crippen molar-refractivity contribution in [3.8, 4) is 0 Å². The van der Waals surface area contributed by atoms with E-state index in [0.717, 1.165) is 37.2 Å². The van der Waals surface area contributed by atoms with Gasteiger partial charge in [0.15, 0.2) is 11.6 Å². The molecule has 1 aromatic rings. The number of nitrogens with zero attached hydrogens (tertiary/aromatic N) is 2. The smallest absolute Gasteiger partial charge is 0.163 e. The normalized spacial score (nSPS) is 17.9. The van der Waals surface area contributed by atoms with Crippen LogP contribution in [0, 0.1) is 6.92 Å². The molecule has 1 aliphatic carbocycles. The lowest BCUT2D eigenvalue weighted by atomic mass is 10.0. The average molecular weight is 248 g/mol. The van der Waals surface area contributed by atoms with E-state index < -0.39 is 0 Å². The molecule has 0 saturated heterocycles. The lowest BCUT2D eigenvalue weighted by Gasteiger charge is -2.27. The fourth-order valence-electron chi connectivity index (χ4n) is 2.69. The monoisotopic (exact) mass is 248 g/mol. The number of ether oxygens (including phenoxy) is 1. The highest BCUT2D eigenvalue weighted by Crippen LogP contribution is 2.40. The Kier molecular flexibility index (Phi) is 3.76. The summed E-state index contributed by atoms with van der Waals surface area (Å²) in [6, 6.07) is 0. The van der Waals surface area contributed by atoms with E-state index in [2.05, 4.69) is 9.97 Å². The molecule has 4 nitrogen and oxygen atoms in total. The zero-order chi connectivity index (χ0) is 13.2. The maximum Gasteiger partial charge on any atom is 0.163 e. The molecule has 0 aromatic carbocycles. The molecule has 0 spiro atoms. The minimum atomic E-state index is -0.325. The van der Waals surface area contributed by atoms with Gasteiger partial charge >= 0.3 is 0 Å². The van der Waals surface area contributed by atoms with E-state index in [1.807, 2.05) is 13.8 Å². The largest absolute Gasteiger partial charge is 0.367 e. The van der Waals surface area contributed by atoms with Crippen LogP contribution in [-0.4, -0.2) is 22.4 Å². The van der Waals surface area contributed by atoms with Gasteiger partial charge in [0.2, 0.25) is 0 Å². The van der Waals surface area contributed by atoms with E-state index in [4.69, 9.17) is 4.74 Å². The molecule has 4 heteroatoms. The summed E-state index contributed by atoms with van der Waals surface area (Å²) in [5, 5.41) is 0. The lowest BCUT2D eigenvalue weighted by molar-refractivity contribution is -0.0458. The number of aryl methyl sites for hydroxylation is 1. The summed E-state index contributed by atoms with van der Waals surface area (Å²) < 4.78 is 5.92. The summed E-state index contributed by atoms with van der Waals surface area (Å²) in [5.74, 6) is 0.750. The number of ketones is 1. The first kappa shape index (κ1) is 13.1. The van der Waals surface area contributed by atoms with Gasteiger partial charge in [-0.2, -0.15) is 0 Å². The van der Waals surface area contributed by atoms with Crippen LogP contribution < -0.4 is 0 Å². The molecule has 98 valence electrons. The van der Waals surface area contributed by atoms with Crippen LogP contribution in [0.5, 0.6) is 0 Å². The number of carbonyl (C=O) groups excluding carboxylic acids is 1. The van der Waals surface area contributed by atoms with E-state index in [1.54, 1.807) is 13.1 Å². The van der Waals surface area contributed by atoms with Gasteiger partial charge in [0.1, 0.15) is 5.60 Å². The maximum absolute atomic E-state index is 11.4. The minimum Gasteiger partial charge on any atom is -0.367 e. The predicted molar refractivity (Wildman–Crippen MR) is 68.5 cm³/mol. The number of rotatable bonds is 4. The molecule has 0 radical (unpaired) electrons. The van der Waals surface area contributed by atoms with Crippen molar-refractivity contribution in [2.75, 3.05) is 6.61 Å². The first-order chi connectivity index (χ1) is 8.59. The highest BCUT2D eigenvalue weighted by molar-refractivity contribution is 5.94. The van der Waals surface area contributed by atoms with Gasteiger partial charge in [-0.15, -0.1) is 0 Å². The van der Waals surface area contributed by atoms with E-state index >= 15 is 0 Å². The van der Waals surface area contributed by atoms with Crippen molar-refractivity contribution in [1.29, 1.82) is 0 Å². The molecule has 1 heterocycles. The Hall–Kier alpha value is -1.29. The molecule has 2 rings (SSSR count). The van der Waals surface area contributed by atoms with Crippen LogP contribution in [0.1, 0.15) is 61.4 Å². The van der Waals surface area contributed by atoms with Gasteiger partial charge in [-0.05, 0) is 46.5 Å². The van der Waals surface area contributed by atoms with Gasteiger partial charge in [0.25, 0.3) is 0 Å². The van der Waals surface area contributed by atoms with E-state index in [-0.39, 0.29) is 11.4 Å². The molecule has 0 amide bonds. The summed E-state index contributed by atoms with van der Waals surface area (Å²) in [4.78, 5) is 20.3. The van der Waals surface area contributed by atoms with Crippen molar-refractivity contribution in [3.63, 3.8) is 0 Å². The van der Waals surface area contributed by atoms with Gasteiger partial charge in [0.05, 0.1) is 11.3 Å². The molecule has 1 aliphatic rings. The van der Waals surface area contributed by atoms with Crippen molar-refractivity contribution in [3.05, 3.63) is 23.3 Å². The molecule has 0 aliphatic heterocycles. The van der Waals surface area contributed by atoms with Crippen molar-refractivity contribution in [2.24, 2.45) is 0 Å². The molecule has 1 saturated carbocycles. The molecule has 0 unspecified atom stereocenters. The van der Waals surface area contributed by atoms with Crippen LogP contribution in [0.25, 0.3) is 0 Å². The predicted octanol–water partition coefficient (Wildman–Crippen LogP) is 2.79. The zero-order valence-electron chi connectivity index (χ0n) is 11.3. The third-order valence-electron chi connectivity index (χ3n) is 3.60. The van der Waals surface area contributed by atoms with Crippen LogP contribution in [0.3, 0.4) is 0 Å². The molecular weight excluding hydrogens is 228 g/mol. The summed E-state index contributed by atoms with van der Waals surface area (Å²) in [7, 11) is 0. The van der Waals surface area contributed by atoms with Gasteiger partial charge in [-0.25, -0.2) is 9.97 Å². The Morgan fingerprint density at radius 2 is 2.11 bits per heavy atom. The third kappa shape index (κ3) is 2.29. The second-order valence-corrected chi connectivity index (χ2v) is 4.88. The van der Waals surface area contributed by atoms with Gasteiger partial charge in [-0.3, -0.25) is 4.79 Å². The van der Waals surface area contributed by atoms with E-state index in [9.17, 15) is 4.79 Å². The van der Waals surface area contributed by atoms with Crippen molar-refractivity contribution in [2.45, 2.75) is 52.1 Å². The Labute approximate surface area is 108 Å². The summed E-state index contributed by atoms with van der Waals surface area (Å²) in [6.45, 7) is 6.06. The van der Waals surface area contributed by atoms with Crippen molar-refractivity contribution < 1.29 is 9.53 Å². The maximum atomic E-state index is 11.4. The fraction of sp³-hybridized carbons (Fsp3) is 0.643. The molecule has 1 fully saturated rings. The minimum absolute atomic E-state index is 0.0101. The fourth-order valence-corrected chi connectivity index (χ4v) is 2.69. The molecule has 1 aromatic heterocycles. The first-order valence-electron chi connectivity index (χ1n) is 6.58. The van der Waals surface area contributed by atoms with Crippen molar-refractivity contribution in [1.82, 2.24) is 9.97 Å². The second kappa shape index (κ2) is 5.14. The topological polar surface area (TPSA) is 52.1 Å². The van der Waals surface area contributed by atoms with Crippen LogP contribution in [0.4, 0.5) is 0 Å². The SMILES string of the molecule is CCOC1(c2ncc(C(C)=O)c(C)n2)CCCC1. The quantitative estimate of drug-likeness (QED) is 0.769. The first-order valence-corrected chi connectivity index (χ1v) is 6.58. The van der Waals surface area contributed by atoms with Gasteiger partial charge in [0, 0.05) is 12.8 Å². The highest BCUT2D eigenvalue weighted by atomic mass is 16.5. The van der Waals surface area contributed by atoms with Crippen LogP contribution >= 0.6 is 0 Å². The van der Waals surface area contributed by atoms with Gasteiger partial charge in [-0.1, -0.05) is 0 Å². The summed E-state index contributed by atoms with van der Waals surface area (Å²) in [5.41, 5.74) is 1.02. The van der Waals surface area contributed by atoms with Crippen LogP contribution in [-0.2, 0) is 10.3 Å². The molecule has 0 N–H and O–H groups in total. The number of hydrogen-bond donors (Lipinski definition) is 0. The molecule has 18 heavy (non-hydrogen) atoms. The average Bonchev–Trinajstić information content (AvgIpc) is 2.78. The zero-order valence-corrected chi connectivity index (χ0v) is 11.3. The second-order valence-electron chi connectivity index (χ2n) is 4.88. The summed E-state index contributed by atoms with van der Waals surface area (Å²) in [6.07, 6.45) is 5.88. The van der Waals surface area contributed by atoms with Crippen LogP contribution in [0.2, 0.25) is 0 Å². The number of hydrogen-bond acceptors (Lipinski definition) is 4. The number of Topliss-reactive ketones (excluding diaryl/α,β-unsaturated/α-hetero) is 1. The van der Waals surface area contributed by atoms with Gasteiger partial charge < -0.3 is 4.74 Å². The Bertz CT molecular complexity index is 451. The van der Waals surface area contributed by atoms with Crippen LogP contribution in [0.15, 0.2) is 6.20 Å². The lowest BCUT2D eigenvalue weighted by Crippen LogP contribution is -2.29. The number of carbonyl (C=O) groups is 1. The number of aromatic nitrogens is 2. The molecule has 0 atom stereocenters. The standard InChI is InChI=1S/C14H20N2O2/c1-4-18-14(7-5-6-8-14)13-15-9-12(11(3)17)10(2)16-13/h9H,4-8H2,1-3H3. The Balaban J connectivity index is 2.37. The van der Waals surface area contributed by atoms with E-state index in [0.29, 0.717) is 12.2 Å². The third-order valence-corrected chi connectivity index (χ3v) is 3.60. The van der Waals surface area contributed by atoms with Crippen molar-refractivity contribution >= 4 is 5.78 Å². The van der Waals surface area contributed by atoms with E-state index in [1.165, 1.54) is 0 Å². The Morgan fingerprint density at radius 3 is 2.61 bits per heavy atom.